The molecular weight excluding hydrogens is 305 g/mol. The van der Waals surface area contributed by atoms with Gasteiger partial charge in [-0.05, 0) is 30.2 Å². The third-order valence-electron chi connectivity index (χ3n) is 2.99. The molecule has 0 fully saturated rings. The Morgan fingerprint density at radius 2 is 1.75 bits per heavy atom. The number of rotatable bonds is 4. The molecule has 0 bridgehead atoms. The SMILES string of the molecule is NNC(Cc1ccc(F)cc1F)c1c(Cl)cccc1Cl. The molecule has 0 aromatic heterocycles. The molecule has 1 atom stereocenters. The van der Waals surface area contributed by atoms with Gasteiger partial charge in [0, 0.05) is 21.7 Å². The molecule has 2 rings (SSSR count). The first-order valence-corrected chi connectivity index (χ1v) is 6.62. The largest absolute Gasteiger partial charge is 0.271 e. The van der Waals surface area contributed by atoms with Crippen LogP contribution in [0.15, 0.2) is 36.4 Å². The van der Waals surface area contributed by atoms with E-state index in [-0.39, 0.29) is 6.42 Å². The summed E-state index contributed by atoms with van der Waals surface area (Å²) in [4.78, 5) is 0. The van der Waals surface area contributed by atoms with E-state index in [2.05, 4.69) is 5.43 Å². The van der Waals surface area contributed by atoms with Crippen molar-refractivity contribution in [1.82, 2.24) is 5.43 Å². The van der Waals surface area contributed by atoms with Crippen molar-refractivity contribution in [2.75, 3.05) is 0 Å². The predicted octanol–water partition coefficient (Wildman–Crippen LogP) is 4.02. The molecule has 2 aromatic rings. The maximum atomic E-state index is 13.7. The van der Waals surface area contributed by atoms with Crippen molar-refractivity contribution in [3.05, 3.63) is 69.2 Å². The molecule has 2 nitrogen and oxygen atoms in total. The van der Waals surface area contributed by atoms with E-state index in [9.17, 15) is 8.78 Å². The van der Waals surface area contributed by atoms with E-state index in [4.69, 9.17) is 29.0 Å². The minimum atomic E-state index is -0.631. The standard InChI is InChI=1S/C14H12Cl2F2N2/c15-10-2-1-3-11(16)14(10)13(20-19)6-8-4-5-9(17)7-12(8)18/h1-5,7,13,20H,6,19H2. The van der Waals surface area contributed by atoms with Crippen LogP contribution >= 0.6 is 23.2 Å². The highest BCUT2D eigenvalue weighted by molar-refractivity contribution is 6.36. The molecule has 0 aliphatic heterocycles. The summed E-state index contributed by atoms with van der Waals surface area (Å²) < 4.78 is 26.6. The first-order valence-electron chi connectivity index (χ1n) is 5.87. The highest BCUT2D eigenvalue weighted by Crippen LogP contribution is 2.32. The Morgan fingerprint density at radius 1 is 1.10 bits per heavy atom. The van der Waals surface area contributed by atoms with Gasteiger partial charge in [-0.2, -0.15) is 0 Å². The van der Waals surface area contributed by atoms with Gasteiger partial charge in [-0.3, -0.25) is 11.3 Å². The summed E-state index contributed by atoms with van der Waals surface area (Å²) in [5.41, 5.74) is 3.47. The Morgan fingerprint density at radius 3 is 2.30 bits per heavy atom. The molecule has 1 unspecified atom stereocenters. The molecule has 0 radical (unpaired) electrons. The normalized spacial score (nSPS) is 12.4. The zero-order valence-corrected chi connectivity index (χ0v) is 11.8. The van der Waals surface area contributed by atoms with Crippen LogP contribution in [0.2, 0.25) is 10.0 Å². The van der Waals surface area contributed by atoms with Crippen LogP contribution in [-0.2, 0) is 6.42 Å². The lowest BCUT2D eigenvalue weighted by Gasteiger charge is -2.19. The lowest BCUT2D eigenvalue weighted by atomic mass is 9.99. The molecule has 2 aromatic carbocycles. The number of hydrogen-bond acceptors (Lipinski definition) is 2. The Bertz CT molecular complexity index is 600. The summed E-state index contributed by atoms with van der Waals surface area (Å²) in [6.45, 7) is 0. The Balaban J connectivity index is 2.34. The van der Waals surface area contributed by atoms with Crippen molar-refractivity contribution in [2.24, 2.45) is 5.84 Å². The second-order valence-corrected chi connectivity index (χ2v) is 5.11. The molecule has 0 saturated carbocycles. The maximum Gasteiger partial charge on any atom is 0.129 e. The van der Waals surface area contributed by atoms with Crippen molar-refractivity contribution < 1.29 is 8.78 Å². The number of hydrogen-bond donors (Lipinski definition) is 2. The van der Waals surface area contributed by atoms with E-state index in [1.807, 2.05) is 0 Å². The van der Waals surface area contributed by atoms with Crippen molar-refractivity contribution in [1.29, 1.82) is 0 Å². The van der Waals surface area contributed by atoms with Crippen molar-refractivity contribution in [3.63, 3.8) is 0 Å². The van der Waals surface area contributed by atoms with Gasteiger partial charge < -0.3 is 0 Å². The fraction of sp³-hybridized carbons (Fsp3) is 0.143. The average molecular weight is 317 g/mol. The Kier molecular flexibility index (Phi) is 4.94. The molecule has 106 valence electrons. The fourth-order valence-corrected chi connectivity index (χ4v) is 2.66. The van der Waals surface area contributed by atoms with Crippen LogP contribution in [0.3, 0.4) is 0 Å². The lowest BCUT2D eigenvalue weighted by Crippen LogP contribution is -2.30. The van der Waals surface area contributed by atoms with Gasteiger partial charge in [0.15, 0.2) is 0 Å². The van der Waals surface area contributed by atoms with E-state index < -0.39 is 17.7 Å². The van der Waals surface area contributed by atoms with Gasteiger partial charge in [0.05, 0.1) is 6.04 Å². The van der Waals surface area contributed by atoms with E-state index in [0.29, 0.717) is 21.2 Å². The number of benzene rings is 2. The maximum absolute atomic E-state index is 13.7. The highest BCUT2D eigenvalue weighted by atomic mass is 35.5. The lowest BCUT2D eigenvalue weighted by molar-refractivity contribution is 0.522. The molecule has 6 heteroatoms. The molecule has 0 amide bonds. The third-order valence-corrected chi connectivity index (χ3v) is 3.65. The summed E-state index contributed by atoms with van der Waals surface area (Å²) in [5, 5.41) is 0.867. The quantitative estimate of drug-likeness (QED) is 0.660. The van der Waals surface area contributed by atoms with Crippen molar-refractivity contribution in [2.45, 2.75) is 12.5 Å². The van der Waals surface area contributed by atoms with Crippen molar-refractivity contribution in [3.8, 4) is 0 Å². The second kappa shape index (κ2) is 6.50. The van der Waals surface area contributed by atoms with Gasteiger partial charge in [-0.15, -0.1) is 0 Å². The van der Waals surface area contributed by atoms with Gasteiger partial charge in [-0.25, -0.2) is 8.78 Å². The monoisotopic (exact) mass is 316 g/mol. The Hall–Kier alpha value is -1.20. The molecule has 20 heavy (non-hydrogen) atoms. The molecule has 0 aliphatic carbocycles. The van der Waals surface area contributed by atoms with Crippen LogP contribution in [0.1, 0.15) is 17.2 Å². The van der Waals surface area contributed by atoms with Crippen LogP contribution in [0.25, 0.3) is 0 Å². The van der Waals surface area contributed by atoms with Crippen LogP contribution in [0.4, 0.5) is 8.78 Å². The van der Waals surface area contributed by atoms with E-state index >= 15 is 0 Å². The molecule has 0 heterocycles. The summed E-state index contributed by atoms with van der Waals surface area (Å²) >= 11 is 12.2. The molecular formula is C14H12Cl2F2N2. The summed E-state index contributed by atoms with van der Waals surface area (Å²) in [5.74, 6) is 4.25. The van der Waals surface area contributed by atoms with Crippen LogP contribution in [-0.4, -0.2) is 0 Å². The minimum absolute atomic E-state index is 0.200. The van der Waals surface area contributed by atoms with E-state index in [0.717, 1.165) is 6.07 Å². The summed E-state index contributed by atoms with van der Waals surface area (Å²) in [6.07, 6.45) is 0.200. The zero-order valence-electron chi connectivity index (χ0n) is 10.3. The molecule has 0 aliphatic rings. The highest BCUT2D eigenvalue weighted by Gasteiger charge is 2.19. The van der Waals surface area contributed by atoms with Gasteiger partial charge in [-0.1, -0.05) is 35.3 Å². The molecule has 0 saturated heterocycles. The first-order chi connectivity index (χ1) is 9.52. The van der Waals surface area contributed by atoms with Gasteiger partial charge in [0.25, 0.3) is 0 Å². The summed E-state index contributed by atoms with van der Waals surface area (Å²) in [7, 11) is 0. The van der Waals surface area contributed by atoms with Gasteiger partial charge in [0.1, 0.15) is 11.6 Å². The van der Waals surface area contributed by atoms with Gasteiger partial charge >= 0.3 is 0 Å². The van der Waals surface area contributed by atoms with E-state index in [1.54, 1.807) is 18.2 Å². The number of nitrogens with one attached hydrogen (secondary N) is 1. The molecule has 3 N–H and O–H groups in total. The topological polar surface area (TPSA) is 38.0 Å². The smallest absolute Gasteiger partial charge is 0.129 e. The predicted molar refractivity (Wildman–Crippen MR) is 76.6 cm³/mol. The number of nitrogens with two attached hydrogens (primary N) is 1. The van der Waals surface area contributed by atoms with E-state index in [1.165, 1.54) is 12.1 Å². The third kappa shape index (κ3) is 3.27. The van der Waals surface area contributed by atoms with Crippen LogP contribution < -0.4 is 11.3 Å². The molecule has 0 spiro atoms. The average Bonchev–Trinajstić information content (AvgIpc) is 2.39. The first kappa shape index (κ1) is 15.2. The number of hydrazine groups is 1. The fourth-order valence-electron chi connectivity index (χ4n) is 2.00. The summed E-state index contributed by atoms with van der Waals surface area (Å²) in [6, 6.07) is 7.98. The second-order valence-electron chi connectivity index (χ2n) is 4.29. The number of halogens is 4. The van der Waals surface area contributed by atoms with Crippen LogP contribution in [0.5, 0.6) is 0 Å². The van der Waals surface area contributed by atoms with Crippen molar-refractivity contribution >= 4 is 23.2 Å². The zero-order chi connectivity index (χ0) is 14.7. The Labute approximate surface area is 125 Å². The minimum Gasteiger partial charge on any atom is -0.271 e. The van der Waals surface area contributed by atoms with Gasteiger partial charge in [0.2, 0.25) is 0 Å². The van der Waals surface area contributed by atoms with Crippen LogP contribution in [0, 0.1) is 11.6 Å².